The molecule has 0 saturated heterocycles. The van der Waals surface area contributed by atoms with E-state index >= 15 is 0 Å². The van der Waals surface area contributed by atoms with Crippen LogP contribution in [0.25, 0.3) is 15.9 Å². The molecule has 0 amide bonds. The molecule has 0 aliphatic rings. The van der Waals surface area contributed by atoms with E-state index in [1.807, 2.05) is 42.5 Å². The van der Waals surface area contributed by atoms with Crippen LogP contribution in [-0.2, 0) is 6.54 Å². The van der Waals surface area contributed by atoms with Gasteiger partial charge in [0.15, 0.2) is 4.98 Å². The number of aromatic amines is 1. The number of fused-ring (bicyclic) bond motifs is 1. The minimum Gasteiger partial charge on any atom is -1.00 e. The molecule has 51 heavy (non-hydrogen) atoms. The molecule has 6 aromatic rings. The molecule has 6 rings (SSSR count). The predicted molar refractivity (Wildman–Crippen MR) is 190 cm³/mol. The monoisotopic (exact) mass is 728 g/mol. The Balaban J connectivity index is 0.000000261. The molecule has 0 aliphatic heterocycles. The fraction of sp³-hybridized carbons (Fsp3) is 0.0303. The zero-order valence-corrected chi connectivity index (χ0v) is 27.7. The summed E-state index contributed by atoms with van der Waals surface area (Å²) in [6.45, 7) is 0.662. The highest BCUT2D eigenvalue weighted by atomic mass is 35.5. The second-order valence-corrected chi connectivity index (χ2v) is 10.5. The van der Waals surface area contributed by atoms with Gasteiger partial charge in [0.05, 0.1) is 31.7 Å². The number of halogens is 2. The van der Waals surface area contributed by atoms with E-state index in [-0.39, 0.29) is 29.5 Å². The zero-order valence-electron chi connectivity index (χ0n) is 26.2. The summed E-state index contributed by atoms with van der Waals surface area (Å²) in [5.41, 5.74) is 10.4. The second-order valence-electron chi connectivity index (χ2n) is 10.1. The van der Waals surface area contributed by atoms with Crippen LogP contribution in [0, 0.1) is 35.7 Å². The number of nitrogens with two attached hydrogens (primary N) is 1. The van der Waals surface area contributed by atoms with E-state index < -0.39 is 14.8 Å². The summed E-state index contributed by atoms with van der Waals surface area (Å²) >= 11 is 5.93. The standard InChI is InChI=1S/C21H16ClN5O2.C6H4N3O2.C6H6N2O2.ClH/c22-15-6-4-14(5-7-15)12-23-19-3-1-2-18-20(13-24-21(18)19)26-25-16-8-10-17(11-9-16)27(28)29;7-8-5-1-3-6(4-2-5)9(10)11;7-5-1-3-6(4-2-5)8(9)10;/h1-11,13,23-24H,12H2;1-4H;1-4H,7H2;1H/q;+1;;/p-1. The van der Waals surface area contributed by atoms with Crippen LogP contribution in [0.4, 0.5) is 45.5 Å². The van der Waals surface area contributed by atoms with E-state index in [9.17, 15) is 30.3 Å². The van der Waals surface area contributed by atoms with Crippen molar-refractivity contribution < 1.29 is 27.2 Å². The average Bonchev–Trinajstić information content (AvgIpc) is 3.55. The molecule has 0 fully saturated rings. The number of anilines is 2. The Morgan fingerprint density at radius 1 is 0.745 bits per heavy atom. The summed E-state index contributed by atoms with van der Waals surface area (Å²) < 4.78 is 0. The third kappa shape index (κ3) is 11.3. The molecular weight excluding hydrogens is 703 g/mol. The molecule has 0 aliphatic carbocycles. The molecule has 1 heterocycles. The summed E-state index contributed by atoms with van der Waals surface area (Å²) in [6, 6.07) is 30.5. The van der Waals surface area contributed by atoms with Crippen molar-refractivity contribution in [1.82, 2.24) is 4.98 Å². The smallest absolute Gasteiger partial charge is 0.385 e. The maximum atomic E-state index is 10.7. The number of H-pyrrole nitrogens is 1. The number of rotatable bonds is 8. The largest absolute Gasteiger partial charge is 1.00 e. The van der Waals surface area contributed by atoms with Crippen LogP contribution < -0.4 is 23.5 Å². The maximum absolute atomic E-state index is 10.7. The van der Waals surface area contributed by atoms with Crippen LogP contribution in [0.2, 0.25) is 5.02 Å². The summed E-state index contributed by atoms with van der Waals surface area (Å²) in [7, 11) is 0. The SMILES string of the molecule is N#[N+]c1ccc([N+](=O)[O-])cc1.Nc1ccc([N+](=O)[O-])cc1.O=[N+]([O-])c1ccc(N=Nc2c[nH]c3c(NCc4ccc(Cl)cc4)cccc23)cc1.[Cl-]. The van der Waals surface area contributed by atoms with Crippen LogP contribution in [-0.4, -0.2) is 19.8 Å². The van der Waals surface area contributed by atoms with Gasteiger partial charge in [-0.25, -0.2) is 0 Å². The second kappa shape index (κ2) is 18.5. The Labute approximate surface area is 300 Å². The number of hydrogen-bond acceptors (Lipinski definition) is 11. The van der Waals surface area contributed by atoms with Gasteiger partial charge < -0.3 is 28.4 Å². The van der Waals surface area contributed by atoms with Crippen molar-refractivity contribution in [2.45, 2.75) is 6.54 Å². The normalized spacial score (nSPS) is 10.0. The number of nitrogens with one attached hydrogen (secondary N) is 2. The number of aromatic nitrogens is 1. The molecule has 18 heteroatoms. The van der Waals surface area contributed by atoms with Crippen LogP contribution >= 0.6 is 11.6 Å². The Kier molecular flexibility index (Phi) is 14.0. The van der Waals surface area contributed by atoms with Crippen molar-refractivity contribution in [2.24, 2.45) is 10.2 Å². The Bertz CT molecular complexity index is 2170. The zero-order chi connectivity index (χ0) is 36.0. The molecule has 0 unspecified atom stereocenters. The van der Waals surface area contributed by atoms with Gasteiger partial charge in [-0.1, -0.05) is 35.9 Å². The number of diazo groups is 1. The van der Waals surface area contributed by atoms with Crippen LogP contribution in [0.3, 0.4) is 0 Å². The summed E-state index contributed by atoms with van der Waals surface area (Å²) in [5, 5.41) is 52.7. The van der Waals surface area contributed by atoms with Gasteiger partial charge in [0.1, 0.15) is 5.69 Å². The quantitative estimate of drug-likeness (QED) is 0.0479. The number of nitro benzene ring substituents is 3. The van der Waals surface area contributed by atoms with Crippen molar-refractivity contribution in [3.8, 4) is 0 Å². The first-order valence-corrected chi connectivity index (χ1v) is 14.8. The number of hydrogen-bond donors (Lipinski definition) is 3. The van der Waals surface area contributed by atoms with Gasteiger partial charge in [0.25, 0.3) is 17.1 Å². The van der Waals surface area contributed by atoms with Crippen molar-refractivity contribution in [3.63, 3.8) is 0 Å². The van der Waals surface area contributed by atoms with Crippen molar-refractivity contribution >= 4 is 68.0 Å². The number of nitrogen functional groups attached to an aromatic ring is 1. The lowest BCUT2D eigenvalue weighted by Crippen LogP contribution is -3.00. The van der Waals surface area contributed by atoms with Gasteiger partial charge in [-0.3, -0.25) is 30.3 Å². The van der Waals surface area contributed by atoms with Crippen LogP contribution in [0.5, 0.6) is 0 Å². The minimum absolute atomic E-state index is 0. The van der Waals surface area contributed by atoms with Crippen LogP contribution in [0.15, 0.2) is 132 Å². The first-order valence-electron chi connectivity index (χ1n) is 14.4. The fourth-order valence-corrected chi connectivity index (χ4v) is 4.28. The first-order chi connectivity index (χ1) is 24.0. The van der Waals surface area contributed by atoms with E-state index in [1.54, 1.807) is 18.3 Å². The van der Waals surface area contributed by atoms with Crippen molar-refractivity contribution in [1.29, 1.82) is 5.39 Å². The van der Waals surface area contributed by atoms with E-state index in [4.69, 9.17) is 22.7 Å². The van der Waals surface area contributed by atoms with Gasteiger partial charge >= 0.3 is 5.69 Å². The Hall–Kier alpha value is -6.96. The Morgan fingerprint density at radius 3 is 1.80 bits per heavy atom. The van der Waals surface area contributed by atoms with Crippen molar-refractivity contribution in [3.05, 3.63) is 167 Å². The average molecular weight is 730 g/mol. The number of non-ortho nitro benzene ring substituents is 3. The highest BCUT2D eigenvalue weighted by Gasteiger charge is 2.10. The molecule has 0 spiro atoms. The van der Waals surface area contributed by atoms with E-state index in [0.717, 1.165) is 22.2 Å². The molecule has 0 saturated carbocycles. The fourth-order valence-electron chi connectivity index (χ4n) is 4.16. The van der Waals surface area contributed by atoms with E-state index in [0.29, 0.717) is 34.3 Å². The lowest BCUT2D eigenvalue weighted by atomic mass is 10.2. The molecule has 0 atom stereocenters. The van der Waals surface area contributed by atoms with Gasteiger partial charge in [-0.15, -0.1) is 5.11 Å². The van der Waals surface area contributed by atoms with Gasteiger partial charge in [-0.2, -0.15) is 5.11 Å². The number of azo groups is 1. The summed E-state index contributed by atoms with van der Waals surface area (Å²) in [6.07, 6.45) is 1.78. The summed E-state index contributed by atoms with van der Waals surface area (Å²) in [4.78, 5) is 35.6. The number of nitro groups is 3. The van der Waals surface area contributed by atoms with Gasteiger partial charge in [0, 0.05) is 77.4 Å². The maximum Gasteiger partial charge on any atom is 0.385 e. The number of nitrogens with zero attached hydrogens (tertiary/aromatic N) is 7. The third-order valence-electron chi connectivity index (χ3n) is 6.70. The number of para-hydroxylation sites is 1. The molecular formula is C33H26Cl2N10O6. The molecule has 1 aromatic heterocycles. The van der Waals surface area contributed by atoms with Gasteiger partial charge in [0.2, 0.25) is 5.39 Å². The van der Waals surface area contributed by atoms with E-state index in [2.05, 4.69) is 25.5 Å². The first kappa shape index (κ1) is 38.5. The molecule has 4 N–H and O–H groups in total. The summed E-state index contributed by atoms with van der Waals surface area (Å²) in [5.74, 6) is 0. The Morgan fingerprint density at radius 2 is 1.27 bits per heavy atom. The minimum atomic E-state index is -0.513. The topological polar surface area (TPSA) is 236 Å². The molecule has 0 radical (unpaired) electrons. The highest BCUT2D eigenvalue weighted by molar-refractivity contribution is 6.30. The number of benzene rings is 5. The lowest BCUT2D eigenvalue weighted by Gasteiger charge is -2.08. The van der Waals surface area contributed by atoms with Crippen LogP contribution in [0.1, 0.15) is 5.56 Å². The molecule has 5 aromatic carbocycles. The lowest BCUT2D eigenvalue weighted by molar-refractivity contribution is -0.385. The highest BCUT2D eigenvalue weighted by Crippen LogP contribution is 2.32. The molecule has 0 bridgehead atoms. The van der Waals surface area contributed by atoms with E-state index in [1.165, 1.54) is 60.7 Å². The van der Waals surface area contributed by atoms with Gasteiger partial charge in [-0.05, 0) is 48.0 Å². The third-order valence-corrected chi connectivity index (χ3v) is 6.96. The van der Waals surface area contributed by atoms with Crippen molar-refractivity contribution in [2.75, 3.05) is 11.1 Å². The predicted octanol–water partition coefficient (Wildman–Crippen LogP) is 7.02. The molecule has 16 nitrogen and oxygen atoms in total. The molecule has 258 valence electrons.